The molecule has 0 aliphatic heterocycles. The number of phenols is 1. The van der Waals surface area contributed by atoms with Gasteiger partial charge in [-0.2, -0.15) is 0 Å². The number of para-hydroxylation sites is 2. The van der Waals surface area contributed by atoms with Crippen molar-refractivity contribution < 1.29 is 20.3 Å². The summed E-state index contributed by atoms with van der Waals surface area (Å²) in [6.07, 6.45) is 3.32. The molecule has 0 saturated heterocycles. The number of Topliss-reactive ketones (excluding diaryl/α,β-unsaturated/α-hetero) is 1. The van der Waals surface area contributed by atoms with Crippen molar-refractivity contribution in [2.24, 2.45) is 7.05 Å². The molecular weight excluding hydrogens is 406 g/mol. The molecule has 2 heterocycles. The van der Waals surface area contributed by atoms with E-state index in [1.54, 1.807) is 68.0 Å². The molecule has 0 fully saturated rings. The molecule has 4 rings (SSSR count). The monoisotopic (exact) mass is 430 g/mol. The molecule has 0 radical (unpaired) electrons. The molecule has 7 heteroatoms. The minimum Gasteiger partial charge on any atom is -0.507 e. The van der Waals surface area contributed by atoms with Crippen LogP contribution in [0.3, 0.4) is 0 Å². The third-order valence-corrected chi connectivity index (χ3v) is 5.68. The first kappa shape index (κ1) is 21.3. The van der Waals surface area contributed by atoms with E-state index in [-0.39, 0.29) is 23.5 Å². The lowest BCUT2D eigenvalue weighted by Gasteiger charge is -2.18. The molecule has 0 aliphatic carbocycles. The maximum Gasteiger partial charge on any atom is 0.265 e. The highest BCUT2D eigenvalue weighted by atomic mass is 16.3. The summed E-state index contributed by atoms with van der Waals surface area (Å²) >= 11 is 0. The van der Waals surface area contributed by atoms with Crippen LogP contribution in [-0.2, 0) is 13.6 Å². The molecule has 0 unspecified atom stereocenters. The molecule has 0 bridgehead atoms. The SMILES string of the molecule is Cn1c(=O)c(C(=O)C[C@H]([NH2+]Cc2ccncc2)c2ccccc2O)c(O)c2ccccc21. The predicted octanol–water partition coefficient (Wildman–Crippen LogP) is 2.42. The molecule has 4 aromatic rings. The number of aryl methyl sites for hydroxylation is 1. The summed E-state index contributed by atoms with van der Waals surface area (Å²) in [6.45, 7) is 0.552. The molecular formula is C25H24N3O4+. The van der Waals surface area contributed by atoms with E-state index in [4.69, 9.17) is 0 Å². The molecule has 0 amide bonds. The van der Waals surface area contributed by atoms with E-state index in [2.05, 4.69) is 4.98 Å². The number of nitrogens with zero attached hydrogens (tertiary/aromatic N) is 2. The maximum atomic E-state index is 13.3. The van der Waals surface area contributed by atoms with Crippen molar-refractivity contribution in [3.63, 3.8) is 0 Å². The number of nitrogens with two attached hydrogens (primary N) is 1. The standard InChI is InChI=1S/C25H23N3O4/c1-28-20-8-4-2-7-18(20)24(31)23(25(28)32)22(30)14-19(17-6-3-5-9-21(17)29)27-15-16-10-12-26-13-11-16/h2-13,19,27,29,31H,14-15H2,1H3/p+1/t19-/m0/s1. The minimum atomic E-state index is -0.545. The summed E-state index contributed by atoms with van der Waals surface area (Å²) in [5, 5.41) is 23.5. The van der Waals surface area contributed by atoms with E-state index in [0.717, 1.165) is 5.56 Å². The van der Waals surface area contributed by atoms with Crippen LogP contribution < -0.4 is 10.9 Å². The van der Waals surface area contributed by atoms with Gasteiger partial charge in [-0.25, -0.2) is 0 Å². The Morgan fingerprint density at radius 2 is 1.72 bits per heavy atom. The lowest BCUT2D eigenvalue weighted by molar-refractivity contribution is -0.710. The Bertz CT molecular complexity index is 1330. The smallest absolute Gasteiger partial charge is 0.265 e. The first-order valence-electron chi connectivity index (χ1n) is 10.3. The summed E-state index contributed by atoms with van der Waals surface area (Å²) in [6, 6.07) is 17.1. The molecule has 0 aliphatic rings. The van der Waals surface area contributed by atoms with Gasteiger partial charge in [0.25, 0.3) is 5.56 Å². The van der Waals surface area contributed by atoms with Gasteiger partial charge in [-0.1, -0.05) is 24.3 Å². The third-order valence-electron chi connectivity index (χ3n) is 5.68. The van der Waals surface area contributed by atoms with Gasteiger partial charge in [0.15, 0.2) is 5.78 Å². The largest absolute Gasteiger partial charge is 0.507 e. The number of ketones is 1. The number of fused-ring (bicyclic) bond motifs is 1. The Morgan fingerprint density at radius 3 is 2.47 bits per heavy atom. The topological polar surface area (TPSA) is 109 Å². The number of rotatable bonds is 7. The summed E-state index contributed by atoms with van der Waals surface area (Å²) in [7, 11) is 1.58. The van der Waals surface area contributed by atoms with Crippen molar-refractivity contribution in [3.05, 3.63) is 100 Å². The molecule has 2 aromatic heterocycles. The molecule has 32 heavy (non-hydrogen) atoms. The number of aromatic hydroxyl groups is 2. The van der Waals surface area contributed by atoms with E-state index in [0.29, 0.717) is 23.0 Å². The quantitative estimate of drug-likeness (QED) is 0.390. The summed E-state index contributed by atoms with van der Waals surface area (Å²) in [5.74, 6) is -0.709. The van der Waals surface area contributed by atoms with E-state index in [1.165, 1.54) is 4.57 Å². The summed E-state index contributed by atoms with van der Waals surface area (Å²) < 4.78 is 1.37. The van der Waals surface area contributed by atoms with Crippen LogP contribution in [0, 0.1) is 0 Å². The van der Waals surface area contributed by atoms with Crippen molar-refractivity contribution in [1.29, 1.82) is 0 Å². The number of carbonyl (C=O) groups is 1. The first-order chi connectivity index (χ1) is 15.5. The van der Waals surface area contributed by atoms with E-state index < -0.39 is 17.4 Å². The Balaban J connectivity index is 1.70. The zero-order valence-electron chi connectivity index (χ0n) is 17.6. The lowest BCUT2D eigenvalue weighted by atomic mass is 9.96. The molecule has 0 saturated carbocycles. The van der Waals surface area contributed by atoms with Crippen molar-refractivity contribution in [2.75, 3.05) is 0 Å². The predicted molar refractivity (Wildman–Crippen MR) is 121 cm³/mol. The van der Waals surface area contributed by atoms with Crippen LogP contribution in [0.5, 0.6) is 11.5 Å². The molecule has 2 aromatic carbocycles. The van der Waals surface area contributed by atoms with Crippen LogP contribution in [0.1, 0.15) is 33.9 Å². The van der Waals surface area contributed by atoms with Gasteiger partial charge in [0.05, 0.1) is 17.5 Å². The minimum absolute atomic E-state index is 0.0657. The molecule has 1 atom stereocenters. The van der Waals surface area contributed by atoms with Gasteiger partial charge in [0.2, 0.25) is 0 Å². The zero-order chi connectivity index (χ0) is 22.7. The van der Waals surface area contributed by atoms with Gasteiger partial charge < -0.3 is 20.1 Å². The Hall–Kier alpha value is -3.97. The first-order valence-corrected chi connectivity index (χ1v) is 10.3. The van der Waals surface area contributed by atoms with Gasteiger partial charge in [0.1, 0.15) is 29.6 Å². The second-order valence-electron chi connectivity index (χ2n) is 7.69. The normalized spacial score (nSPS) is 12.0. The third kappa shape index (κ3) is 4.10. The van der Waals surface area contributed by atoms with Crippen molar-refractivity contribution in [2.45, 2.75) is 19.0 Å². The van der Waals surface area contributed by atoms with Gasteiger partial charge in [-0.15, -0.1) is 0 Å². The van der Waals surface area contributed by atoms with Crippen LogP contribution in [0.4, 0.5) is 0 Å². The van der Waals surface area contributed by atoms with Crippen molar-refractivity contribution in [3.8, 4) is 11.5 Å². The Kier molecular flexibility index (Phi) is 6.00. The number of hydrogen-bond donors (Lipinski definition) is 3. The van der Waals surface area contributed by atoms with Gasteiger partial charge in [0, 0.05) is 30.4 Å². The molecule has 7 nitrogen and oxygen atoms in total. The average Bonchev–Trinajstić information content (AvgIpc) is 2.81. The Morgan fingerprint density at radius 1 is 1.03 bits per heavy atom. The Labute approximate surface area is 184 Å². The van der Waals surface area contributed by atoms with Crippen LogP contribution in [0.2, 0.25) is 0 Å². The molecule has 0 spiro atoms. The fraction of sp³-hybridized carbons (Fsp3) is 0.160. The van der Waals surface area contributed by atoms with Crippen LogP contribution in [-0.4, -0.2) is 25.5 Å². The number of phenolic OH excluding ortho intramolecular Hbond substituents is 1. The number of aromatic nitrogens is 2. The molecule has 4 N–H and O–H groups in total. The summed E-state index contributed by atoms with van der Waals surface area (Å²) in [4.78, 5) is 30.2. The highest BCUT2D eigenvalue weighted by Gasteiger charge is 2.27. The van der Waals surface area contributed by atoms with Gasteiger partial charge in [-0.3, -0.25) is 14.6 Å². The second kappa shape index (κ2) is 9.03. The van der Waals surface area contributed by atoms with Crippen LogP contribution in [0.25, 0.3) is 10.9 Å². The zero-order valence-corrected chi connectivity index (χ0v) is 17.6. The highest BCUT2D eigenvalue weighted by Crippen LogP contribution is 2.29. The number of pyridine rings is 2. The van der Waals surface area contributed by atoms with E-state index >= 15 is 0 Å². The fourth-order valence-corrected chi connectivity index (χ4v) is 3.95. The van der Waals surface area contributed by atoms with E-state index in [1.807, 2.05) is 17.4 Å². The van der Waals surface area contributed by atoms with E-state index in [9.17, 15) is 19.8 Å². The average molecular weight is 430 g/mol. The number of quaternary nitrogens is 1. The highest BCUT2D eigenvalue weighted by molar-refractivity contribution is 6.03. The number of benzene rings is 2. The van der Waals surface area contributed by atoms with Crippen molar-refractivity contribution in [1.82, 2.24) is 9.55 Å². The van der Waals surface area contributed by atoms with Gasteiger partial charge in [-0.05, 0) is 36.4 Å². The maximum absolute atomic E-state index is 13.3. The fourth-order valence-electron chi connectivity index (χ4n) is 3.95. The lowest BCUT2D eigenvalue weighted by Crippen LogP contribution is -2.84. The number of hydrogen-bond acceptors (Lipinski definition) is 5. The van der Waals surface area contributed by atoms with Gasteiger partial charge >= 0.3 is 0 Å². The van der Waals surface area contributed by atoms with Crippen LogP contribution >= 0.6 is 0 Å². The summed E-state index contributed by atoms with van der Waals surface area (Å²) in [5.41, 5.74) is 1.37. The van der Waals surface area contributed by atoms with Crippen molar-refractivity contribution >= 4 is 16.7 Å². The number of carbonyl (C=O) groups excluding carboxylic acids is 1. The van der Waals surface area contributed by atoms with Crippen LogP contribution in [0.15, 0.2) is 77.9 Å². The molecule has 162 valence electrons. The second-order valence-corrected chi connectivity index (χ2v) is 7.69.